The van der Waals surface area contributed by atoms with Crippen LogP contribution in [0.5, 0.6) is 17.2 Å². The summed E-state index contributed by atoms with van der Waals surface area (Å²) in [6.07, 6.45) is 0.742. The van der Waals surface area contributed by atoms with E-state index in [-0.39, 0.29) is 0 Å². The van der Waals surface area contributed by atoms with Crippen molar-refractivity contribution in [2.75, 3.05) is 32.0 Å². The third kappa shape index (κ3) is 5.48. The minimum absolute atomic E-state index is 0.385. The zero-order valence-electron chi connectivity index (χ0n) is 18.4. The fourth-order valence-electron chi connectivity index (χ4n) is 3.18. The highest BCUT2D eigenvalue weighted by atomic mass is 16.5. The van der Waals surface area contributed by atoms with E-state index < -0.39 is 6.03 Å². The summed E-state index contributed by atoms with van der Waals surface area (Å²) in [7, 11) is 4.74. The molecule has 0 aliphatic rings. The molecule has 0 saturated carbocycles. The van der Waals surface area contributed by atoms with Crippen molar-refractivity contribution in [3.05, 3.63) is 48.2 Å². The number of nitrogens with one attached hydrogen (secondary N) is 3. The molecule has 2 amide bonds. The van der Waals surface area contributed by atoms with Crippen molar-refractivity contribution in [2.45, 2.75) is 20.3 Å². The molecule has 3 rings (SSSR count). The number of urea groups is 1. The lowest BCUT2D eigenvalue weighted by Gasteiger charge is -2.13. The lowest BCUT2D eigenvalue weighted by Crippen LogP contribution is -2.20. The van der Waals surface area contributed by atoms with Gasteiger partial charge in [-0.25, -0.2) is 4.79 Å². The van der Waals surface area contributed by atoms with Crippen LogP contribution in [0.3, 0.4) is 0 Å². The number of aromatic nitrogens is 2. The molecule has 0 saturated heterocycles. The van der Waals surface area contributed by atoms with Crippen LogP contribution in [0.25, 0.3) is 11.3 Å². The Kier molecular flexibility index (Phi) is 7.02. The average molecular weight is 425 g/mol. The van der Waals surface area contributed by atoms with E-state index in [0.717, 1.165) is 23.4 Å². The van der Waals surface area contributed by atoms with Crippen LogP contribution >= 0.6 is 0 Å². The van der Waals surface area contributed by atoms with Gasteiger partial charge in [0.15, 0.2) is 0 Å². The number of ether oxygens (including phenoxy) is 3. The molecule has 0 aliphatic heterocycles. The summed E-state index contributed by atoms with van der Waals surface area (Å²) < 4.78 is 15.8. The quantitative estimate of drug-likeness (QED) is 0.476. The van der Waals surface area contributed by atoms with Crippen LogP contribution in [0.2, 0.25) is 0 Å². The molecule has 2 aromatic carbocycles. The number of nitrogens with zero attached hydrogens (tertiary/aromatic N) is 1. The lowest BCUT2D eigenvalue weighted by molar-refractivity contribution is 0.262. The zero-order chi connectivity index (χ0) is 22.4. The van der Waals surface area contributed by atoms with E-state index in [1.807, 2.05) is 24.3 Å². The molecule has 164 valence electrons. The molecule has 0 aliphatic carbocycles. The highest BCUT2D eigenvalue weighted by Gasteiger charge is 2.18. The van der Waals surface area contributed by atoms with E-state index in [1.165, 1.54) is 0 Å². The van der Waals surface area contributed by atoms with Gasteiger partial charge in [-0.1, -0.05) is 13.8 Å². The Balaban J connectivity index is 1.88. The highest BCUT2D eigenvalue weighted by Crippen LogP contribution is 2.32. The standard InChI is InChI=1S/C23H28N4O4/c1-14(2)10-20-22(21(27-26-20)15-6-8-17(29-3)9-7-15)25-23(28)24-16-11-18(30-4)13-19(12-16)31-5/h6-9,11-14H,10H2,1-5H3,(H,26,27)(H2,24,25,28). The van der Waals surface area contributed by atoms with Crippen LogP contribution in [0.4, 0.5) is 16.2 Å². The molecule has 0 fully saturated rings. The number of anilines is 2. The first kappa shape index (κ1) is 22.0. The summed E-state index contributed by atoms with van der Waals surface area (Å²) in [6, 6.07) is 12.3. The number of aromatic amines is 1. The Morgan fingerprint density at radius 3 is 2.10 bits per heavy atom. The Hall–Kier alpha value is -3.68. The molecule has 3 aromatic rings. The van der Waals surface area contributed by atoms with Gasteiger partial charge in [0.1, 0.15) is 22.9 Å². The first-order chi connectivity index (χ1) is 14.9. The maximum atomic E-state index is 12.8. The van der Waals surface area contributed by atoms with Gasteiger partial charge >= 0.3 is 6.03 Å². The number of carbonyl (C=O) groups is 1. The maximum absolute atomic E-state index is 12.8. The Labute approximate surface area is 181 Å². The maximum Gasteiger partial charge on any atom is 0.323 e. The molecule has 0 unspecified atom stereocenters. The number of amides is 2. The van der Waals surface area contributed by atoms with Crippen molar-refractivity contribution >= 4 is 17.4 Å². The van der Waals surface area contributed by atoms with Gasteiger partial charge in [-0.2, -0.15) is 5.10 Å². The van der Waals surface area contributed by atoms with Gasteiger partial charge in [-0.15, -0.1) is 0 Å². The third-order valence-electron chi connectivity index (χ3n) is 4.66. The molecular weight excluding hydrogens is 396 g/mol. The van der Waals surface area contributed by atoms with Gasteiger partial charge in [-0.05, 0) is 36.6 Å². The van der Waals surface area contributed by atoms with Crippen LogP contribution in [0, 0.1) is 5.92 Å². The predicted octanol–water partition coefficient (Wildman–Crippen LogP) is 4.95. The monoisotopic (exact) mass is 424 g/mol. The predicted molar refractivity (Wildman–Crippen MR) is 121 cm³/mol. The first-order valence-corrected chi connectivity index (χ1v) is 9.96. The molecule has 1 heterocycles. The minimum atomic E-state index is -0.392. The summed E-state index contributed by atoms with van der Waals surface area (Å²) in [5, 5.41) is 13.3. The number of methoxy groups -OCH3 is 3. The van der Waals surface area contributed by atoms with E-state index in [9.17, 15) is 4.79 Å². The second kappa shape index (κ2) is 9.88. The summed E-state index contributed by atoms with van der Waals surface area (Å²) in [4.78, 5) is 12.8. The average Bonchev–Trinajstić information content (AvgIpc) is 3.14. The zero-order valence-corrected chi connectivity index (χ0v) is 18.4. The SMILES string of the molecule is COc1ccc(-c2n[nH]c(CC(C)C)c2NC(=O)Nc2cc(OC)cc(OC)c2)cc1. The molecule has 1 aromatic heterocycles. The number of H-pyrrole nitrogens is 1. The fraction of sp³-hybridized carbons (Fsp3) is 0.304. The van der Waals surface area contributed by atoms with E-state index in [4.69, 9.17) is 14.2 Å². The summed E-state index contributed by atoms with van der Waals surface area (Å²) in [5.74, 6) is 2.30. The lowest BCUT2D eigenvalue weighted by atomic mass is 10.0. The molecule has 8 nitrogen and oxygen atoms in total. The van der Waals surface area contributed by atoms with E-state index in [0.29, 0.717) is 34.5 Å². The Morgan fingerprint density at radius 2 is 1.55 bits per heavy atom. The summed E-state index contributed by atoms with van der Waals surface area (Å²) in [6.45, 7) is 4.22. The molecule has 3 N–H and O–H groups in total. The smallest absolute Gasteiger partial charge is 0.323 e. The van der Waals surface area contributed by atoms with E-state index in [1.54, 1.807) is 39.5 Å². The highest BCUT2D eigenvalue weighted by molar-refractivity contribution is 6.02. The normalized spacial score (nSPS) is 10.6. The minimum Gasteiger partial charge on any atom is -0.497 e. The third-order valence-corrected chi connectivity index (χ3v) is 4.66. The number of carbonyl (C=O) groups excluding carboxylic acids is 1. The Morgan fingerprint density at radius 1 is 0.935 bits per heavy atom. The molecule has 8 heteroatoms. The van der Waals surface area contributed by atoms with Gasteiger partial charge in [-0.3, -0.25) is 5.10 Å². The molecule has 31 heavy (non-hydrogen) atoms. The second-order valence-corrected chi connectivity index (χ2v) is 7.43. The van der Waals surface area contributed by atoms with Gasteiger partial charge in [0, 0.05) is 29.4 Å². The van der Waals surface area contributed by atoms with Crippen LogP contribution in [-0.2, 0) is 6.42 Å². The molecule has 0 spiro atoms. The Bertz CT molecular complexity index is 1010. The number of rotatable bonds is 8. The molecule has 0 atom stereocenters. The summed E-state index contributed by atoms with van der Waals surface area (Å²) in [5.41, 5.74) is 3.58. The van der Waals surface area contributed by atoms with Crippen LogP contribution in [0.15, 0.2) is 42.5 Å². The van der Waals surface area contributed by atoms with E-state index in [2.05, 4.69) is 34.7 Å². The van der Waals surface area contributed by atoms with Crippen molar-refractivity contribution in [2.24, 2.45) is 5.92 Å². The van der Waals surface area contributed by atoms with Gasteiger partial charge in [0.2, 0.25) is 0 Å². The molecular formula is C23H28N4O4. The van der Waals surface area contributed by atoms with Crippen molar-refractivity contribution < 1.29 is 19.0 Å². The van der Waals surface area contributed by atoms with Gasteiger partial charge < -0.3 is 24.8 Å². The summed E-state index contributed by atoms with van der Waals surface area (Å²) >= 11 is 0. The first-order valence-electron chi connectivity index (χ1n) is 9.96. The number of hydrogen-bond acceptors (Lipinski definition) is 5. The van der Waals surface area contributed by atoms with E-state index >= 15 is 0 Å². The second-order valence-electron chi connectivity index (χ2n) is 7.43. The van der Waals surface area contributed by atoms with Crippen molar-refractivity contribution in [1.29, 1.82) is 0 Å². The number of hydrogen-bond donors (Lipinski definition) is 3. The topological polar surface area (TPSA) is 97.5 Å². The van der Waals surface area contributed by atoms with Gasteiger partial charge in [0.05, 0.1) is 32.7 Å². The number of benzene rings is 2. The van der Waals surface area contributed by atoms with Crippen LogP contribution in [-0.4, -0.2) is 37.6 Å². The largest absolute Gasteiger partial charge is 0.497 e. The molecule has 0 radical (unpaired) electrons. The van der Waals surface area contributed by atoms with Crippen molar-refractivity contribution in [1.82, 2.24) is 10.2 Å². The molecule has 0 bridgehead atoms. The van der Waals surface area contributed by atoms with Crippen molar-refractivity contribution in [3.8, 4) is 28.5 Å². The van der Waals surface area contributed by atoms with Gasteiger partial charge in [0.25, 0.3) is 0 Å². The fourth-order valence-corrected chi connectivity index (χ4v) is 3.18. The van der Waals surface area contributed by atoms with Crippen LogP contribution in [0.1, 0.15) is 19.5 Å². The van der Waals surface area contributed by atoms with Crippen LogP contribution < -0.4 is 24.8 Å². The van der Waals surface area contributed by atoms with Crippen molar-refractivity contribution in [3.63, 3.8) is 0 Å².